The number of ketones is 1. The van der Waals surface area contributed by atoms with Gasteiger partial charge in [-0.05, 0) is 54.8 Å². The number of amides is 1. The Labute approximate surface area is 208 Å². The highest BCUT2D eigenvalue weighted by molar-refractivity contribution is 7.12. The van der Waals surface area contributed by atoms with Gasteiger partial charge in [-0.3, -0.25) is 14.3 Å². The number of ether oxygens (including phenoxy) is 1. The van der Waals surface area contributed by atoms with Gasteiger partial charge in [0.25, 0.3) is 5.91 Å². The number of Topliss-reactive ketones (excluding diaryl/α,β-unsaturated/α-hetero) is 1. The highest BCUT2D eigenvalue weighted by Crippen LogP contribution is 2.35. The van der Waals surface area contributed by atoms with Crippen LogP contribution in [-0.2, 0) is 31.1 Å². The molecule has 8 heteroatoms. The minimum Gasteiger partial charge on any atom is -0.497 e. The summed E-state index contributed by atoms with van der Waals surface area (Å²) in [5.74, 6) is 0.868. The Morgan fingerprint density at radius 2 is 1.89 bits per heavy atom. The van der Waals surface area contributed by atoms with Gasteiger partial charge in [-0.1, -0.05) is 18.2 Å². The molecular weight excluding hydrogens is 460 g/mol. The van der Waals surface area contributed by atoms with Gasteiger partial charge in [0.2, 0.25) is 0 Å². The van der Waals surface area contributed by atoms with Crippen molar-refractivity contribution < 1.29 is 14.3 Å². The van der Waals surface area contributed by atoms with E-state index in [4.69, 9.17) is 9.72 Å². The van der Waals surface area contributed by atoms with Gasteiger partial charge in [-0.2, -0.15) is 5.10 Å². The number of aryl methyl sites for hydroxylation is 2. The van der Waals surface area contributed by atoms with Crippen LogP contribution in [0, 0.1) is 6.92 Å². The minimum atomic E-state index is -0.0426. The van der Waals surface area contributed by atoms with E-state index in [9.17, 15) is 9.59 Å². The van der Waals surface area contributed by atoms with Gasteiger partial charge in [-0.25, -0.2) is 4.98 Å². The molecule has 3 heterocycles. The Kier molecular flexibility index (Phi) is 6.21. The molecule has 2 aromatic heterocycles. The molecule has 4 aromatic rings. The van der Waals surface area contributed by atoms with Crippen LogP contribution >= 0.6 is 11.3 Å². The summed E-state index contributed by atoms with van der Waals surface area (Å²) < 4.78 is 6.78. The SMILES string of the molecule is COc1ccc(CC(=O)Cc2nc(-c3ccc4c(c3)CCN4C(=O)c3ccnn3C)c(C)s2)cc1. The molecule has 178 valence electrons. The summed E-state index contributed by atoms with van der Waals surface area (Å²) in [6.45, 7) is 2.68. The number of rotatable bonds is 7. The van der Waals surface area contributed by atoms with Crippen LogP contribution in [0.4, 0.5) is 5.69 Å². The molecule has 0 aliphatic carbocycles. The smallest absolute Gasteiger partial charge is 0.276 e. The van der Waals surface area contributed by atoms with Crippen LogP contribution in [-0.4, -0.2) is 40.1 Å². The highest BCUT2D eigenvalue weighted by atomic mass is 32.1. The third-order valence-electron chi connectivity index (χ3n) is 6.28. The second kappa shape index (κ2) is 9.46. The fraction of sp³-hybridized carbons (Fsp3) is 0.259. The fourth-order valence-electron chi connectivity index (χ4n) is 4.48. The molecule has 35 heavy (non-hydrogen) atoms. The number of carbonyl (C=O) groups excluding carboxylic acids is 2. The van der Waals surface area contributed by atoms with E-state index in [1.807, 2.05) is 48.2 Å². The molecule has 0 spiro atoms. The predicted molar refractivity (Wildman–Crippen MR) is 136 cm³/mol. The Morgan fingerprint density at radius 3 is 2.60 bits per heavy atom. The predicted octanol–water partition coefficient (Wildman–Crippen LogP) is 4.42. The third kappa shape index (κ3) is 4.61. The van der Waals surface area contributed by atoms with Crippen LogP contribution in [0.15, 0.2) is 54.7 Å². The average Bonchev–Trinajstić information content (AvgIpc) is 3.56. The van der Waals surface area contributed by atoms with Crippen LogP contribution in [0.1, 0.15) is 31.5 Å². The lowest BCUT2D eigenvalue weighted by Gasteiger charge is -2.17. The van der Waals surface area contributed by atoms with Crippen molar-refractivity contribution >= 4 is 28.7 Å². The first-order chi connectivity index (χ1) is 16.9. The molecule has 0 saturated carbocycles. The Balaban J connectivity index is 1.30. The molecule has 0 fully saturated rings. The first-order valence-electron chi connectivity index (χ1n) is 11.5. The number of methoxy groups -OCH3 is 1. The van der Waals surface area contributed by atoms with Gasteiger partial charge in [0.05, 0.1) is 19.2 Å². The molecule has 0 atom stereocenters. The van der Waals surface area contributed by atoms with Crippen LogP contribution < -0.4 is 9.64 Å². The van der Waals surface area contributed by atoms with Crippen molar-refractivity contribution in [3.8, 4) is 17.0 Å². The normalized spacial score (nSPS) is 12.6. The van der Waals surface area contributed by atoms with E-state index >= 15 is 0 Å². The third-order valence-corrected chi connectivity index (χ3v) is 7.25. The van der Waals surface area contributed by atoms with Gasteiger partial charge in [0, 0.05) is 42.3 Å². The summed E-state index contributed by atoms with van der Waals surface area (Å²) in [7, 11) is 3.40. The molecule has 7 nitrogen and oxygen atoms in total. The Bertz CT molecular complexity index is 1400. The maximum absolute atomic E-state index is 13.0. The number of aromatic nitrogens is 3. The summed E-state index contributed by atoms with van der Waals surface area (Å²) in [5.41, 5.74) is 5.52. The molecule has 0 N–H and O–H groups in total. The number of benzene rings is 2. The maximum atomic E-state index is 13.0. The first-order valence-corrected chi connectivity index (χ1v) is 12.3. The van der Waals surface area contributed by atoms with E-state index < -0.39 is 0 Å². The highest BCUT2D eigenvalue weighted by Gasteiger charge is 2.27. The van der Waals surface area contributed by atoms with Crippen molar-refractivity contribution in [3.63, 3.8) is 0 Å². The lowest BCUT2D eigenvalue weighted by Crippen LogP contribution is -2.30. The van der Waals surface area contributed by atoms with Crippen molar-refractivity contribution in [2.75, 3.05) is 18.6 Å². The number of carbonyl (C=O) groups is 2. The number of anilines is 1. The zero-order valence-electron chi connectivity index (χ0n) is 19.9. The quantitative estimate of drug-likeness (QED) is 0.387. The largest absolute Gasteiger partial charge is 0.497 e. The second-order valence-corrected chi connectivity index (χ2v) is 9.93. The zero-order chi connectivity index (χ0) is 24.5. The van der Waals surface area contributed by atoms with E-state index in [2.05, 4.69) is 11.2 Å². The topological polar surface area (TPSA) is 77.3 Å². The molecule has 2 aromatic carbocycles. The van der Waals surface area contributed by atoms with E-state index in [-0.39, 0.29) is 11.7 Å². The number of thiazole rings is 1. The number of fused-ring (bicyclic) bond motifs is 1. The fourth-order valence-corrected chi connectivity index (χ4v) is 5.46. The molecule has 1 aliphatic rings. The molecule has 5 rings (SSSR count). The molecule has 1 aliphatic heterocycles. The van der Waals surface area contributed by atoms with Gasteiger partial charge in [0.1, 0.15) is 22.2 Å². The average molecular weight is 487 g/mol. The van der Waals surface area contributed by atoms with E-state index in [1.165, 1.54) is 0 Å². The van der Waals surface area contributed by atoms with Crippen LogP contribution in [0.5, 0.6) is 5.75 Å². The summed E-state index contributed by atoms with van der Waals surface area (Å²) in [6.07, 6.45) is 3.12. The molecular formula is C27H26N4O3S. The minimum absolute atomic E-state index is 0.0426. The molecule has 0 unspecified atom stereocenters. The van der Waals surface area contributed by atoms with Crippen molar-refractivity contribution in [1.29, 1.82) is 0 Å². The van der Waals surface area contributed by atoms with Crippen LogP contribution in [0.25, 0.3) is 11.3 Å². The van der Waals surface area contributed by atoms with E-state index in [0.717, 1.165) is 50.1 Å². The number of hydrogen-bond acceptors (Lipinski definition) is 6. The van der Waals surface area contributed by atoms with Crippen molar-refractivity contribution in [2.45, 2.75) is 26.2 Å². The lowest BCUT2D eigenvalue weighted by atomic mass is 10.1. The first kappa shape index (κ1) is 23.0. The van der Waals surface area contributed by atoms with Crippen molar-refractivity contribution in [2.24, 2.45) is 7.05 Å². The van der Waals surface area contributed by atoms with Crippen LogP contribution in [0.3, 0.4) is 0 Å². The maximum Gasteiger partial charge on any atom is 0.276 e. The monoisotopic (exact) mass is 486 g/mol. The Hall–Kier alpha value is -3.78. The Morgan fingerprint density at radius 1 is 1.09 bits per heavy atom. The number of hydrogen-bond donors (Lipinski definition) is 0. The molecule has 0 radical (unpaired) electrons. The van der Waals surface area contributed by atoms with Gasteiger partial charge < -0.3 is 9.64 Å². The zero-order valence-corrected chi connectivity index (χ0v) is 20.8. The summed E-state index contributed by atoms with van der Waals surface area (Å²) in [5, 5.41) is 4.94. The van der Waals surface area contributed by atoms with Gasteiger partial charge >= 0.3 is 0 Å². The van der Waals surface area contributed by atoms with Crippen molar-refractivity contribution in [1.82, 2.24) is 14.8 Å². The molecule has 0 bridgehead atoms. The molecule has 0 saturated heterocycles. The van der Waals surface area contributed by atoms with Gasteiger partial charge in [-0.15, -0.1) is 11.3 Å². The summed E-state index contributed by atoms with van der Waals surface area (Å²) in [6, 6.07) is 15.4. The van der Waals surface area contributed by atoms with E-state index in [0.29, 0.717) is 25.1 Å². The lowest BCUT2D eigenvalue weighted by molar-refractivity contribution is -0.117. The summed E-state index contributed by atoms with van der Waals surface area (Å²) in [4.78, 5) is 33.3. The molecule has 1 amide bonds. The van der Waals surface area contributed by atoms with Crippen molar-refractivity contribution in [3.05, 3.63) is 81.4 Å². The summed E-state index contributed by atoms with van der Waals surface area (Å²) >= 11 is 1.57. The standard InChI is InChI=1S/C27H26N4O3S/c1-17-26(29-25(35-17)16-21(32)14-18-4-7-22(34-3)8-5-18)20-6-9-23-19(15-20)11-13-31(23)27(33)24-10-12-28-30(24)2/h4-10,12,15H,11,13-14,16H2,1-3H3. The van der Waals surface area contributed by atoms with E-state index in [1.54, 1.807) is 42.4 Å². The van der Waals surface area contributed by atoms with Crippen LogP contribution in [0.2, 0.25) is 0 Å². The van der Waals surface area contributed by atoms with Gasteiger partial charge in [0.15, 0.2) is 0 Å². The second-order valence-electron chi connectivity index (χ2n) is 8.64. The number of nitrogens with zero attached hydrogens (tertiary/aromatic N) is 4.